The minimum atomic E-state index is -0.258. The van der Waals surface area contributed by atoms with Gasteiger partial charge in [0.05, 0.1) is 17.9 Å². The lowest BCUT2D eigenvalue weighted by molar-refractivity contribution is 0.722. The molecule has 3 rings (SSSR count). The summed E-state index contributed by atoms with van der Waals surface area (Å²) in [7, 11) is 0. The molecule has 4 nitrogen and oxygen atoms in total. The normalized spacial score (nSPS) is 12.5. The number of hydrogen-bond acceptors (Lipinski definition) is 4. The molecule has 0 saturated carbocycles. The summed E-state index contributed by atoms with van der Waals surface area (Å²) >= 11 is 5.10. The fraction of sp³-hybridized carbons (Fsp3) is 0.0769. The first kappa shape index (κ1) is 12.5. The fourth-order valence-corrected chi connectivity index (χ4v) is 3.40. The second-order valence-corrected chi connectivity index (χ2v) is 5.81. The number of hydrogen-bond donors (Lipinski definition) is 1. The van der Waals surface area contributed by atoms with Crippen LogP contribution >= 0.6 is 27.3 Å². The van der Waals surface area contributed by atoms with E-state index in [1.165, 1.54) is 0 Å². The standard InChI is InChI=1S/C13H11BrN4S/c14-10-6-7-19-13(10)12(15)11-8-16-18(17-11)9-4-2-1-3-5-9/h1-8,12H,15H2. The highest BCUT2D eigenvalue weighted by atomic mass is 79.9. The molecule has 0 saturated heterocycles. The Hall–Kier alpha value is -1.50. The third-order valence-electron chi connectivity index (χ3n) is 2.74. The highest BCUT2D eigenvalue weighted by Crippen LogP contribution is 2.30. The molecule has 6 heteroatoms. The fourth-order valence-electron chi connectivity index (χ4n) is 1.76. The summed E-state index contributed by atoms with van der Waals surface area (Å²) in [6.45, 7) is 0. The second kappa shape index (κ2) is 5.24. The zero-order valence-electron chi connectivity index (χ0n) is 9.90. The summed E-state index contributed by atoms with van der Waals surface area (Å²) in [5.41, 5.74) is 7.90. The van der Waals surface area contributed by atoms with Gasteiger partial charge in [0.25, 0.3) is 0 Å². The van der Waals surface area contributed by atoms with Crippen molar-refractivity contribution in [3.8, 4) is 5.69 Å². The van der Waals surface area contributed by atoms with Gasteiger partial charge in [-0.1, -0.05) is 18.2 Å². The lowest BCUT2D eigenvalue weighted by Gasteiger charge is -2.06. The lowest BCUT2D eigenvalue weighted by atomic mass is 10.2. The molecule has 1 unspecified atom stereocenters. The zero-order chi connectivity index (χ0) is 13.2. The SMILES string of the molecule is NC(c1cnn(-c2ccccc2)n1)c1sccc1Br. The summed E-state index contributed by atoms with van der Waals surface area (Å²) in [5.74, 6) is 0. The van der Waals surface area contributed by atoms with Crippen molar-refractivity contribution in [2.24, 2.45) is 5.73 Å². The van der Waals surface area contributed by atoms with Gasteiger partial charge >= 0.3 is 0 Å². The molecule has 2 heterocycles. The summed E-state index contributed by atoms with van der Waals surface area (Å²) < 4.78 is 1.01. The van der Waals surface area contributed by atoms with E-state index in [1.54, 1.807) is 22.3 Å². The van der Waals surface area contributed by atoms with Crippen LogP contribution < -0.4 is 5.73 Å². The Balaban J connectivity index is 1.92. The molecule has 1 aromatic carbocycles. The van der Waals surface area contributed by atoms with Crippen LogP contribution in [0.1, 0.15) is 16.6 Å². The third-order valence-corrected chi connectivity index (χ3v) is 4.70. The van der Waals surface area contributed by atoms with Crippen LogP contribution in [0.5, 0.6) is 0 Å². The molecule has 0 spiro atoms. The summed E-state index contributed by atoms with van der Waals surface area (Å²) in [6.07, 6.45) is 1.71. The Morgan fingerprint density at radius 2 is 2.00 bits per heavy atom. The molecule has 96 valence electrons. The Bertz CT molecular complexity index is 677. The minimum absolute atomic E-state index is 0.258. The molecule has 1 atom stereocenters. The molecule has 19 heavy (non-hydrogen) atoms. The van der Waals surface area contributed by atoms with E-state index in [4.69, 9.17) is 5.73 Å². The van der Waals surface area contributed by atoms with Crippen molar-refractivity contribution in [2.75, 3.05) is 0 Å². The van der Waals surface area contributed by atoms with Crippen molar-refractivity contribution >= 4 is 27.3 Å². The average molecular weight is 335 g/mol. The van der Waals surface area contributed by atoms with Gasteiger partial charge in [0, 0.05) is 9.35 Å². The monoisotopic (exact) mass is 334 g/mol. The van der Waals surface area contributed by atoms with Crippen LogP contribution in [-0.4, -0.2) is 15.0 Å². The van der Waals surface area contributed by atoms with Gasteiger partial charge in [0.2, 0.25) is 0 Å². The first-order valence-electron chi connectivity index (χ1n) is 5.72. The van der Waals surface area contributed by atoms with Gasteiger partial charge in [-0.05, 0) is 39.5 Å². The number of nitrogens with zero attached hydrogens (tertiary/aromatic N) is 3. The molecule has 2 aromatic heterocycles. The average Bonchev–Trinajstić information content (AvgIpc) is 3.08. The molecule has 0 aliphatic rings. The Morgan fingerprint density at radius 1 is 1.21 bits per heavy atom. The molecule has 2 N–H and O–H groups in total. The van der Waals surface area contributed by atoms with Crippen LogP contribution in [0.2, 0.25) is 0 Å². The van der Waals surface area contributed by atoms with E-state index in [-0.39, 0.29) is 6.04 Å². The number of benzene rings is 1. The molecule has 0 amide bonds. The van der Waals surface area contributed by atoms with Gasteiger partial charge in [-0.15, -0.1) is 11.3 Å². The van der Waals surface area contributed by atoms with E-state index >= 15 is 0 Å². The summed E-state index contributed by atoms with van der Waals surface area (Å²) in [5, 5.41) is 10.7. The highest BCUT2D eigenvalue weighted by Gasteiger charge is 2.17. The van der Waals surface area contributed by atoms with Crippen LogP contribution in [0.15, 0.2) is 52.4 Å². The number of nitrogens with two attached hydrogens (primary N) is 1. The van der Waals surface area contributed by atoms with Crippen molar-refractivity contribution < 1.29 is 0 Å². The lowest BCUT2D eigenvalue weighted by Crippen LogP contribution is -2.12. The largest absolute Gasteiger partial charge is 0.318 e. The van der Waals surface area contributed by atoms with Gasteiger partial charge in [-0.2, -0.15) is 15.0 Å². The van der Waals surface area contributed by atoms with Crippen LogP contribution in [0.25, 0.3) is 5.69 Å². The minimum Gasteiger partial charge on any atom is -0.318 e. The van der Waals surface area contributed by atoms with E-state index in [2.05, 4.69) is 26.1 Å². The summed E-state index contributed by atoms with van der Waals surface area (Å²) in [6, 6.07) is 11.5. The molecule has 0 fully saturated rings. The van der Waals surface area contributed by atoms with E-state index in [0.717, 1.165) is 20.7 Å². The third kappa shape index (κ3) is 2.47. The maximum Gasteiger partial charge on any atom is 0.105 e. The van der Waals surface area contributed by atoms with E-state index in [9.17, 15) is 0 Å². The molecule has 3 aromatic rings. The zero-order valence-corrected chi connectivity index (χ0v) is 12.3. The molecule has 0 radical (unpaired) electrons. The van der Waals surface area contributed by atoms with Gasteiger partial charge in [0.1, 0.15) is 5.69 Å². The van der Waals surface area contributed by atoms with Crippen LogP contribution in [0.3, 0.4) is 0 Å². The van der Waals surface area contributed by atoms with Gasteiger partial charge in [-0.3, -0.25) is 0 Å². The Labute approximate surface area is 123 Å². The number of thiophene rings is 1. The van der Waals surface area contributed by atoms with Crippen molar-refractivity contribution in [1.82, 2.24) is 15.0 Å². The number of halogens is 1. The maximum absolute atomic E-state index is 6.22. The van der Waals surface area contributed by atoms with E-state index < -0.39 is 0 Å². The topological polar surface area (TPSA) is 56.7 Å². The van der Waals surface area contributed by atoms with E-state index in [0.29, 0.717) is 0 Å². The molecular weight excluding hydrogens is 324 g/mol. The number of rotatable bonds is 3. The second-order valence-electron chi connectivity index (χ2n) is 4.00. The molecule has 0 aliphatic heterocycles. The van der Waals surface area contributed by atoms with Crippen molar-refractivity contribution in [2.45, 2.75) is 6.04 Å². The number of aromatic nitrogens is 3. The Morgan fingerprint density at radius 3 is 2.68 bits per heavy atom. The molecule has 0 bridgehead atoms. The molecular formula is C13H11BrN4S. The number of para-hydroxylation sites is 1. The predicted octanol–water partition coefficient (Wildman–Crippen LogP) is 3.14. The first-order valence-corrected chi connectivity index (χ1v) is 7.39. The van der Waals surface area contributed by atoms with Crippen LogP contribution in [0.4, 0.5) is 0 Å². The first-order chi connectivity index (χ1) is 9.25. The highest BCUT2D eigenvalue weighted by molar-refractivity contribution is 9.10. The van der Waals surface area contributed by atoms with Crippen molar-refractivity contribution in [1.29, 1.82) is 0 Å². The molecule has 0 aliphatic carbocycles. The smallest absolute Gasteiger partial charge is 0.105 e. The van der Waals surface area contributed by atoms with Crippen molar-refractivity contribution in [3.63, 3.8) is 0 Å². The van der Waals surface area contributed by atoms with Gasteiger partial charge < -0.3 is 5.73 Å². The van der Waals surface area contributed by atoms with Gasteiger partial charge in [-0.25, -0.2) is 0 Å². The predicted molar refractivity (Wildman–Crippen MR) is 79.4 cm³/mol. The quantitative estimate of drug-likeness (QED) is 0.800. The van der Waals surface area contributed by atoms with E-state index in [1.807, 2.05) is 41.8 Å². The maximum atomic E-state index is 6.22. The van der Waals surface area contributed by atoms with Gasteiger partial charge in [0.15, 0.2) is 0 Å². The van der Waals surface area contributed by atoms with Crippen LogP contribution in [0, 0.1) is 0 Å². The Kier molecular flexibility index (Phi) is 3.46. The van der Waals surface area contributed by atoms with Crippen LogP contribution in [-0.2, 0) is 0 Å². The van der Waals surface area contributed by atoms with Crippen molar-refractivity contribution in [3.05, 3.63) is 63.0 Å². The summed E-state index contributed by atoms with van der Waals surface area (Å²) in [4.78, 5) is 2.65.